The molecule has 1 aromatic carbocycles. The Labute approximate surface area is 135 Å². The molecule has 1 aliphatic rings. The summed E-state index contributed by atoms with van der Waals surface area (Å²) in [7, 11) is 0. The van der Waals surface area contributed by atoms with Crippen LogP contribution in [0, 0.1) is 0 Å². The lowest BCUT2D eigenvalue weighted by Gasteiger charge is -2.24. The fourth-order valence-corrected chi connectivity index (χ4v) is 2.53. The second kappa shape index (κ2) is 7.35. The summed E-state index contributed by atoms with van der Waals surface area (Å²) in [6.07, 6.45) is 3.08. The number of carbonyl (C=O) groups excluding carboxylic acids is 1. The van der Waals surface area contributed by atoms with Crippen molar-refractivity contribution in [2.24, 2.45) is 0 Å². The van der Waals surface area contributed by atoms with Gasteiger partial charge in [-0.05, 0) is 29.7 Å². The van der Waals surface area contributed by atoms with Gasteiger partial charge in [0.05, 0.1) is 25.9 Å². The van der Waals surface area contributed by atoms with E-state index in [1.54, 1.807) is 6.20 Å². The van der Waals surface area contributed by atoms with Crippen molar-refractivity contribution < 1.29 is 14.3 Å². The van der Waals surface area contributed by atoms with E-state index in [1.165, 1.54) is 0 Å². The number of ether oxygens (including phenoxy) is 2. The van der Waals surface area contributed by atoms with Gasteiger partial charge in [0.25, 0.3) is 5.91 Å². The van der Waals surface area contributed by atoms with E-state index in [1.807, 2.05) is 49.5 Å². The Hall–Kier alpha value is -2.24. The molecule has 0 saturated carbocycles. The molecule has 5 nitrogen and oxygen atoms in total. The molecule has 120 valence electrons. The van der Waals surface area contributed by atoms with Gasteiger partial charge < -0.3 is 14.8 Å². The van der Waals surface area contributed by atoms with Crippen molar-refractivity contribution in [1.82, 2.24) is 10.3 Å². The molecule has 2 heterocycles. The van der Waals surface area contributed by atoms with Crippen LogP contribution in [-0.4, -0.2) is 36.8 Å². The first-order valence-electron chi connectivity index (χ1n) is 7.74. The molecule has 2 unspecified atom stereocenters. The number of hydrogen-bond acceptors (Lipinski definition) is 4. The van der Waals surface area contributed by atoms with Gasteiger partial charge in [0.1, 0.15) is 0 Å². The Morgan fingerprint density at radius 3 is 2.70 bits per heavy atom. The van der Waals surface area contributed by atoms with E-state index >= 15 is 0 Å². The monoisotopic (exact) mass is 312 g/mol. The first-order valence-corrected chi connectivity index (χ1v) is 7.74. The maximum Gasteiger partial charge on any atom is 0.252 e. The summed E-state index contributed by atoms with van der Waals surface area (Å²) in [4.78, 5) is 16.3. The SMILES string of the molecule is CC(NC(=O)C1COCCO1)c1ccc(-c2cccnc2)cc1. The van der Waals surface area contributed by atoms with Crippen LogP contribution in [-0.2, 0) is 14.3 Å². The summed E-state index contributed by atoms with van der Waals surface area (Å²) in [5.74, 6) is -0.131. The minimum atomic E-state index is -0.513. The first-order chi connectivity index (χ1) is 11.2. The number of benzene rings is 1. The van der Waals surface area contributed by atoms with Crippen molar-refractivity contribution in [3.05, 3.63) is 54.4 Å². The van der Waals surface area contributed by atoms with E-state index in [-0.39, 0.29) is 11.9 Å². The van der Waals surface area contributed by atoms with Crippen LogP contribution in [0.3, 0.4) is 0 Å². The molecule has 1 aliphatic heterocycles. The van der Waals surface area contributed by atoms with Crippen molar-refractivity contribution in [2.75, 3.05) is 19.8 Å². The molecule has 1 amide bonds. The quantitative estimate of drug-likeness (QED) is 0.941. The highest BCUT2D eigenvalue weighted by atomic mass is 16.6. The van der Waals surface area contributed by atoms with Gasteiger partial charge >= 0.3 is 0 Å². The zero-order valence-corrected chi connectivity index (χ0v) is 13.1. The van der Waals surface area contributed by atoms with E-state index in [0.717, 1.165) is 16.7 Å². The summed E-state index contributed by atoms with van der Waals surface area (Å²) in [6, 6.07) is 12.0. The third-order valence-corrected chi connectivity index (χ3v) is 3.87. The smallest absolute Gasteiger partial charge is 0.252 e. The van der Waals surface area contributed by atoms with Crippen molar-refractivity contribution in [3.63, 3.8) is 0 Å². The molecule has 1 aromatic heterocycles. The molecule has 0 radical (unpaired) electrons. The van der Waals surface area contributed by atoms with E-state index < -0.39 is 6.10 Å². The summed E-state index contributed by atoms with van der Waals surface area (Å²) >= 11 is 0. The molecular weight excluding hydrogens is 292 g/mol. The summed E-state index contributed by atoms with van der Waals surface area (Å²) in [5.41, 5.74) is 3.22. The molecule has 1 saturated heterocycles. The molecule has 5 heteroatoms. The lowest BCUT2D eigenvalue weighted by Crippen LogP contribution is -2.43. The van der Waals surface area contributed by atoms with Gasteiger partial charge in [-0.3, -0.25) is 9.78 Å². The second-order valence-corrected chi connectivity index (χ2v) is 5.53. The van der Waals surface area contributed by atoms with Gasteiger partial charge in [0, 0.05) is 12.4 Å². The lowest BCUT2D eigenvalue weighted by atomic mass is 10.0. The van der Waals surface area contributed by atoms with Crippen molar-refractivity contribution in [3.8, 4) is 11.1 Å². The molecule has 0 spiro atoms. The van der Waals surface area contributed by atoms with Crippen LogP contribution in [0.5, 0.6) is 0 Å². The molecule has 1 N–H and O–H groups in total. The van der Waals surface area contributed by atoms with Gasteiger partial charge in [-0.15, -0.1) is 0 Å². The van der Waals surface area contributed by atoms with Crippen molar-refractivity contribution in [1.29, 1.82) is 0 Å². The predicted octanol–water partition coefficient (Wildman–Crippen LogP) is 2.34. The largest absolute Gasteiger partial charge is 0.376 e. The van der Waals surface area contributed by atoms with Crippen molar-refractivity contribution >= 4 is 5.91 Å². The summed E-state index contributed by atoms with van der Waals surface area (Å²) in [6.45, 7) is 3.29. The second-order valence-electron chi connectivity index (χ2n) is 5.53. The van der Waals surface area contributed by atoms with Crippen LogP contribution in [0.2, 0.25) is 0 Å². The average Bonchev–Trinajstić information content (AvgIpc) is 2.63. The minimum Gasteiger partial charge on any atom is -0.376 e. The number of rotatable bonds is 4. The van der Waals surface area contributed by atoms with E-state index in [4.69, 9.17) is 9.47 Å². The minimum absolute atomic E-state index is 0.0871. The van der Waals surface area contributed by atoms with Crippen LogP contribution in [0.1, 0.15) is 18.5 Å². The maximum atomic E-state index is 12.1. The highest BCUT2D eigenvalue weighted by Gasteiger charge is 2.24. The highest BCUT2D eigenvalue weighted by Crippen LogP contribution is 2.21. The number of pyridine rings is 1. The molecule has 0 bridgehead atoms. The number of amides is 1. The predicted molar refractivity (Wildman–Crippen MR) is 86.8 cm³/mol. The first kappa shape index (κ1) is 15.6. The third-order valence-electron chi connectivity index (χ3n) is 3.87. The zero-order valence-electron chi connectivity index (χ0n) is 13.1. The Morgan fingerprint density at radius 2 is 2.04 bits per heavy atom. The van der Waals surface area contributed by atoms with Crippen LogP contribution in [0.15, 0.2) is 48.8 Å². The Bertz CT molecular complexity index is 637. The standard InChI is InChI=1S/C18H20N2O3/c1-13(20-18(21)17-12-22-9-10-23-17)14-4-6-15(7-5-14)16-3-2-8-19-11-16/h2-8,11,13,17H,9-10,12H2,1H3,(H,20,21). The lowest BCUT2D eigenvalue weighted by molar-refractivity contribution is -0.148. The molecule has 23 heavy (non-hydrogen) atoms. The van der Waals surface area contributed by atoms with Crippen LogP contribution in [0.25, 0.3) is 11.1 Å². The molecule has 2 atom stereocenters. The van der Waals surface area contributed by atoms with E-state index in [0.29, 0.717) is 19.8 Å². The molecule has 3 rings (SSSR count). The fourth-order valence-electron chi connectivity index (χ4n) is 2.53. The van der Waals surface area contributed by atoms with Gasteiger partial charge in [-0.1, -0.05) is 30.3 Å². The zero-order chi connectivity index (χ0) is 16.1. The normalized spacial score (nSPS) is 19.1. The Balaban J connectivity index is 1.63. The van der Waals surface area contributed by atoms with E-state index in [2.05, 4.69) is 10.3 Å². The highest BCUT2D eigenvalue weighted by molar-refractivity contribution is 5.81. The van der Waals surface area contributed by atoms with Gasteiger partial charge in [0.2, 0.25) is 0 Å². The van der Waals surface area contributed by atoms with Gasteiger partial charge in [-0.2, -0.15) is 0 Å². The third kappa shape index (κ3) is 3.94. The van der Waals surface area contributed by atoms with Gasteiger partial charge in [-0.25, -0.2) is 0 Å². The number of hydrogen-bond donors (Lipinski definition) is 1. The molecular formula is C18H20N2O3. The number of carbonyl (C=O) groups is 1. The molecule has 0 aliphatic carbocycles. The van der Waals surface area contributed by atoms with Crippen LogP contribution >= 0.6 is 0 Å². The van der Waals surface area contributed by atoms with E-state index in [9.17, 15) is 4.79 Å². The number of aromatic nitrogens is 1. The maximum absolute atomic E-state index is 12.1. The van der Waals surface area contributed by atoms with Crippen molar-refractivity contribution in [2.45, 2.75) is 19.1 Å². The Kier molecular flexibility index (Phi) is 5.00. The summed E-state index contributed by atoms with van der Waals surface area (Å²) in [5, 5.41) is 2.97. The van der Waals surface area contributed by atoms with Gasteiger partial charge in [0.15, 0.2) is 6.10 Å². The van der Waals surface area contributed by atoms with Crippen LogP contribution < -0.4 is 5.32 Å². The number of nitrogens with zero attached hydrogens (tertiary/aromatic N) is 1. The van der Waals surface area contributed by atoms with Crippen LogP contribution in [0.4, 0.5) is 0 Å². The molecule has 1 fully saturated rings. The fraction of sp³-hybridized carbons (Fsp3) is 0.333. The summed E-state index contributed by atoms with van der Waals surface area (Å²) < 4.78 is 10.7. The Morgan fingerprint density at radius 1 is 1.22 bits per heavy atom. The number of nitrogens with one attached hydrogen (secondary N) is 1. The molecule has 2 aromatic rings. The topological polar surface area (TPSA) is 60.5 Å². The average molecular weight is 312 g/mol.